The number of nitrogens with zero attached hydrogens (tertiary/aromatic N) is 3. The second kappa shape index (κ2) is 4.24. The summed E-state index contributed by atoms with van der Waals surface area (Å²) >= 11 is 0. The number of primary amides is 1. The van der Waals surface area contributed by atoms with Crippen molar-refractivity contribution in [1.29, 1.82) is 0 Å². The average molecular weight is 259 g/mol. The number of aryl methyl sites for hydroxylation is 1. The van der Waals surface area contributed by atoms with E-state index in [-0.39, 0.29) is 23.7 Å². The number of aromatic amines is 1. The first-order valence-corrected chi connectivity index (χ1v) is 4.93. The fourth-order valence-electron chi connectivity index (χ4n) is 1.33. The Morgan fingerprint density at radius 1 is 1.39 bits per heavy atom. The smallest absolute Gasteiger partial charge is 0.363 e. The van der Waals surface area contributed by atoms with E-state index in [0.29, 0.717) is 5.52 Å². The molecule has 0 aliphatic heterocycles. The molecule has 2 aromatic heterocycles. The van der Waals surface area contributed by atoms with Gasteiger partial charge in [0.2, 0.25) is 0 Å². The molecule has 3 N–H and O–H groups in total. The van der Waals surface area contributed by atoms with Crippen LogP contribution >= 0.6 is 0 Å². The molecular formula is C9H8F3N5O. The van der Waals surface area contributed by atoms with Gasteiger partial charge in [-0.25, -0.2) is 15.0 Å². The summed E-state index contributed by atoms with van der Waals surface area (Å²) in [6.45, 7) is 0. The molecule has 0 aliphatic rings. The lowest BCUT2D eigenvalue weighted by atomic mass is 10.3. The standard InChI is InChI=1S/C9H8F3N5O/c10-9(11,12)2-1-5-14-3-4-7(16-5)17-8(15-4)6(13)18/h3H,1-2H2,(H2,13,18)(H,14,15,16,17). The number of amides is 1. The molecule has 2 rings (SSSR count). The van der Waals surface area contributed by atoms with E-state index in [2.05, 4.69) is 19.9 Å². The lowest BCUT2D eigenvalue weighted by Gasteiger charge is -2.04. The van der Waals surface area contributed by atoms with Gasteiger partial charge in [-0.3, -0.25) is 4.79 Å². The van der Waals surface area contributed by atoms with Gasteiger partial charge in [-0.15, -0.1) is 0 Å². The number of halogens is 3. The first-order valence-electron chi connectivity index (χ1n) is 4.93. The Hall–Kier alpha value is -2.19. The molecule has 0 bridgehead atoms. The Labute approximate surface area is 98.4 Å². The van der Waals surface area contributed by atoms with Gasteiger partial charge in [-0.05, 0) is 0 Å². The van der Waals surface area contributed by atoms with Gasteiger partial charge in [-0.2, -0.15) is 13.2 Å². The minimum atomic E-state index is -4.26. The van der Waals surface area contributed by atoms with Crippen molar-refractivity contribution in [2.24, 2.45) is 5.73 Å². The average Bonchev–Trinajstić information content (AvgIpc) is 2.68. The minimum Gasteiger partial charge on any atom is -0.363 e. The lowest BCUT2D eigenvalue weighted by molar-refractivity contribution is -0.134. The van der Waals surface area contributed by atoms with Crippen LogP contribution in [-0.4, -0.2) is 32.0 Å². The van der Waals surface area contributed by atoms with Crippen molar-refractivity contribution >= 4 is 17.1 Å². The molecule has 2 aromatic rings. The highest BCUT2D eigenvalue weighted by Crippen LogP contribution is 2.21. The molecule has 6 nitrogen and oxygen atoms in total. The quantitative estimate of drug-likeness (QED) is 0.857. The van der Waals surface area contributed by atoms with Crippen molar-refractivity contribution in [2.45, 2.75) is 19.0 Å². The predicted octanol–water partition coefficient (Wildman–Crippen LogP) is 0.947. The monoisotopic (exact) mass is 259 g/mol. The van der Waals surface area contributed by atoms with Crippen LogP contribution in [0.4, 0.5) is 13.2 Å². The second-order valence-electron chi connectivity index (χ2n) is 3.59. The van der Waals surface area contributed by atoms with Crippen LogP contribution in [0.15, 0.2) is 6.20 Å². The number of aromatic nitrogens is 4. The molecule has 96 valence electrons. The molecule has 0 aromatic carbocycles. The third-order valence-electron chi connectivity index (χ3n) is 2.15. The predicted molar refractivity (Wildman–Crippen MR) is 54.6 cm³/mol. The van der Waals surface area contributed by atoms with Crippen molar-refractivity contribution in [3.63, 3.8) is 0 Å². The topological polar surface area (TPSA) is 97.6 Å². The highest BCUT2D eigenvalue weighted by Gasteiger charge is 2.27. The summed E-state index contributed by atoms with van der Waals surface area (Å²) < 4.78 is 36.1. The van der Waals surface area contributed by atoms with Crippen molar-refractivity contribution in [2.75, 3.05) is 0 Å². The number of nitrogens with one attached hydrogen (secondary N) is 1. The number of nitrogens with two attached hydrogens (primary N) is 1. The molecule has 9 heteroatoms. The Kier molecular flexibility index (Phi) is 2.89. The molecular weight excluding hydrogens is 251 g/mol. The number of carbonyl (C=O) groups is 1. The maximum atomic E-state index is 12.0. The molecule has 1 amide bonds. The maximum Gasteiger partial charge on any atom is 0.389 e. The van der Waals surface area contributed by atoms with Crippen LogP contribution in [-0.2, 0) is 6.42 Å². The van der Waals surface area contributed by atoms with Gasteiger partial charge in [0, 0.05) is 6.42 Å². The molecule has 0 spiro atoms. The zero-order chi connectivity index (χ0) is 13.3. The maximum absolute atomic E-state index is 12.0. The third-order valence-corrected chi connectivity index (χ3v) is 2.15. The number of fused-ring (bicyclic) bond motifs is 1. The van der Waals surface area contributed by atoms with Crippen LogP contribution in [0.25, 0.3) is 11.2 Å². The number of carbonyl (C=O) groups excluding carboxylic acids is 1. The molecule has 0 fully saturated rings. The van der Waals surface area contributed by atoms with Gasteiger partial charge in [0.15, 0.2) is 11.5 Å². The SMILES string of the molecule is NC(=O)c1nc2nc(CCC(F)(F)F)ncc2[nH]1. The molecule has 18 heavy (non-hydrogen) atoms. The molecule has 2 heterocycles. The summed E-state index contributed by atoms with van der Waals surface area (Å²) in [7, 11) is 0. The van der Waals surface area contributed by atoms with E-state index in [1.807, 2.05) is 0 Å². The molecule has 0 unspecified atom stereocenters. The summed E-state index contributed by atoms with van der Waals surface area (Å²) in [6, 6.07) is 0. The fraction of sp³-hybridized carbons (Fsp3) is 0.333. The van der Waals surface area contributed by atoms with E-state index < -0.39 is 18.5 Å². The number of alkyl halides is 3. The number of rotatable bonds is 3. The number of H-pyrrole nitrogens is 1. The van der Waals surface area contributed by atoms with Crippen LogP contribution in [0.5, 0.6) is 0 Å². The summed E-state index contributed by atoms with van der Waals surface area (Å²) in [5.41, 5.74) is 5.47. The Morgan fingerprint density at radius 2 is 2.11 bits per heavy atom. The second-order valence-corrected chi connectivity index (χ2v) is 3.59. The number of hydrogen-bond donors (Lipinski definition) is 2. The van der Waals surface area contributed by atoms with Crippen LogP contribution in [0.3, 0.4) is 0 Å². The molecule has 0 radical (unpaired) electrons. The van der Waals surface area contributed by atoms with Crippen molar-refractivity contribution in [3.05, 3.63) is 17.8 Å². The number of imidazole rings is 1. The normalized spacial score (nSPS) is 11.9. The molecule has 0 aliphatic carbocycles. The van der Waals surface area contributed by atoms with Crippen molar-refractivity contribution in [1.82, 2.24) is 19.9 Å². The van der Waals surface area contributed by atoms with Crippen molar-refractivity contribution < 1.29 is 18.0 Å². The van der Waals surface area contributed by atoms with Gasteiger partial charge >= 0.3 is 6.18 Å². The fourth-order valence-corrected chi connectivity index (χ4v) is 1.33. The Bertz CT molecular complexity index is 591. The zero-order valence-corrected chi connectivity index (χ0v) is 8.95. The van der Waals surface area contributed by atoms with Crippen LogP contribution < -0.4 is 5.73 Å². The van der Waals surface area contributed by atoms with Crippen LogP contribution in [0, 0.1) is 0 Å². The van der Waals surface area contributed by atoms with E-state index in [1.54, 1.807) is 0 Å². The molecule has 0 saturated carbocycles. The van der Waals surface area contributed by atoms with E-state index in [1.165, 1.54) is 6.20 Å². The summed E-state index contributed by atoms with van der Waals surface area (Å²) in [4.78, 5) is 24.7. The minimum absolute atomic E-state index is 0.0161. The van der Waals surface area contributed by atoms with Gasteiger partial charge in [0.25, 0.3) is 5.91 Å². The molecule has 0 saturated heterocycles. The van der Waals surface area contributed by atoms with Crippen molar-refractivity contribution in [3.8, 4) is 0 Å². The highest BCUT2D eigenvalue weighted by molar-refractivity contribution is 5.92. The third kappa shape index (κ3) is 2.73. The van der Waals surface area contributed by atoms with Crippen LogP contribution in [0.1, 0.15) is 22.9 Å². The highest BCUT2D eigenvalue weighted by atomic mass is 19.4. The summed E-state index contributed by atoms with van der Waals surface area (Å²) in [5.74, 6) is -0.862. The van der Waals surface area contributed by atoms with Crippen LogP contribution in [0.2, 0.25) is 0 Å². The number of hydrogen-bond acceptors (Lipinski definition) is 4. The summed E-state index contributed by atoms with van der Waals surface area (Å²) in [5, 5.41) is 0. The molecule has 0 atom stereocenters. The summed E-state index contributed by atoms with van der Waals surface area (Å²) in [6.07, 6.45) is -4.33. The first-order chi connectivity index (χ1) is 8.35. The van der Waals surface area contributed by atoms with Gasteiger partial charge in [0.05, 0.1) is 12.6 Å². The van der Waals surface area contributed by atoms with Gasteiger partial charge in [0.1, 0.15) is 11.3 Å². The Balaban J connectivity index is 2.24. The zero-order valence-electron chi connectivity index (χ0n) is 8.95. The van der Waals surface area contributed by atoms with Gasteiger partial charge in [-0.1, -0.05) is 0 Å². The van der Waals surface area contributed by atoms with E-state index >= 15 is 0 Å². The van der Waals surface area contributed by atoms with E-state index in [0.717, 1.165) is 0 Å². The van der Waals surface area contributed by atoms with E-state index in [4.69, 9.17) is 5.73 Å². The lowest BCUT2D eigenvalue weighted by Crippen LogP contribution is -2.12. The first kappa shape index (κ1) is 12.3. The van der Waals surface area contributed by atoms with Gasteiger partial charge < -0.3 is 10.7 Å². The van der Waals surface area contributed by atoms with E-state index in [9.17, 15) is 18.0 Å². The Morgan fingerprint density at radius 3 is 2.72 bits per heavy atom. The largest absolute Gasteiger partial charge is 0.389 e.